The fourth-order valence-corrected chi connectivity index (χ4v) is 3.13. The van der Waals surface area contributed by atoms with Gasteiger partial charge in [-0.2, -0.15) is 0 Å². The van der Waals surface area contributed by atoms with E-state index in [1.54, 1.807) is 0 Å². The van der Waals surface area contributed by atoms with Crippen LogP contribution in [0.2, 0.25) is 0 Å². The lowest BCUT2D eigenvalue weighted by Gasteiger charge is -2.24. The van der Waals surface area contributed by atoms with Crippen molar-refractivity contribution in [3.05, 3.63) is 65.7 Å². The molecule has 1 N–H and O–H groups in total. The molecule has 0 aromatic heterocycles. The van der Waals surface area contributed by atoms with Gasteiger partial charge in [-0.1, -0.05) is 68.8 Å². The molecule has 2 unspecified atom stereocenters. The second kappa shape index (κ2) is 8.86. The summed E-state index contributed by atoms with van der Waals surface area (Å²) in [5, 5.41) is 3.06. The predicted molar refractivity (Wildman–Crippen MR) is 104 cm³/mol. The lowest BCUT2D eigenvalue weighted by Crippen LogP contribution is -2.39. The first-order chi connectivity index (χ1) is 12.7. The van der Waals surface area contributed by atoms with Crippen molar-refractivity contribution in [1.82, 2.24) is 10.2 Å². The molecule has 138 valence electrons. The smallest absolute Gasteiger partial charge is 0.234 e. The molecule has 0 bridgehead atoms. The third-order valence-electron chi connectivity index (χ3n) is 4.94. The van der Waals surface area contributed by atoms with Crippen molar-refractivity contribution in [2.24, 2.45) is 5.92 Å². The number of benzene rings is 2. The maximum atomic E-state index is 12.4. The summed E-state index contributed by atoms with van der Waals surface area (Å²) >= 11 is 0. The van der Waals surface area contributed by atoms with Crippen molar-refractivity contribution in [1.29, 1.82) is 0 Å². The molecule has 0 radical (unpaired) electrons. The van der Waals surface area contributed by atoms with Crippen LogP contribution in [0.15, 0.2) is 54.6 Å². The van der Waals surface area contributed by atoms with Crippen molar-refractivity contribution in [2.75, 3.05) is 19.6 Å². The summed E-state index contributed by atoms with van der Waals surface area (Å²) in [7, 11) is 0. The van der Waals surface area contributed by atoms with E-state index in [1.165, 1.54) is 0 Å². The Balaban J connectivity index is 1.74. The molecule has 2 aromatic carbocycles. The molecule has 0 saturated heterocycles. The normalized spacial score (nSPS) is 18.3. The standard InChI is InChI=1S/C22H28N2O2/c1-3-17(2)13-23-22(25)16-24-14-19-11-7-8-12-20(19)26-21(15-24)18-9-5-4-6-10-18/h4-12,17,21H,3,13-16H2,1-2H3,(H,23,25). The number of nitrogens with one attached hydrogen (secondary N) is 1. The van der Waals surface area contributed by atoms with E-state index in [-0.39, 0.29) is 12.0 Å². The molecule has 2 atom stereocenters. The highest BCUT2D eigenvalue weighted by Crippen LogP contribution is 2.30. The molecular formula is C22H28N2O2. The van der Waals surface area contributed by atoms with E-state index in [0.29, 0.717) is 19.0 Å². The van der Waals surface area contributed by atoms with E-state index in [4.69, 9.17) is 4.74 Å². The fraction of sp³-hybridized carbons (Fsp3) is 0.409. The molecule has 4 nitrogen and oxygen atoms in total. The summed E-state index contributed by atoms with van der Waals surface area (Å²) in [6.45, 7) is 6.83. The molecule has 2 aromatic rings. The van der Waals surface area contributed by atoms with Crippen molar-refractivity contribution in [3.63, 3.8) is 0 Å². The monoisotopic (exact) mass is 352 g/mol. The SMILES string of the molecule is CCC(C)CNC(=O)CN1Cc2ccccc2OC(c2ccccc2)C1. The van der Waals surface area contributed by atoms with Crippen LogP contribution in [0.5, 0.6) is 5.75 Å². The molecule has 0 aliphatic carbocycles. The van der Waals surface area contributed by atoms with Crippen LogP contribution in [-0.2, 0) is 11.3 Å². The molecule has 3 rings (SSSR count). The molecule has 1 amide bonds. The third kappa shape index (κ3) is 4.85. The van der Waals surface area contributed by atoms with Gasteiger partial charge in [-0.15, -0.1) is 0 Å². The Bertz CT molecular complexity index is 717. The Morgan fingerprint density at radius 3 is 2.69 bits per heavy atom. The van der Waals surface area contributed by atoms with E-state index in [9.17, 15) is 4.79 Å². The number of hydrogen-bond acceptors (Lipinski definition) is 3. The Labute approximate surface area is 156 Å². The van der Waals surface area contributed by atoms with Gasteiger partial charge in [-0.3, -0.25) is 9.69 Å². The van der Waals surface area contributed by atoms with Crippen LogP contribution in [0.25, 0.3) is 0 Å². The second-order valence-electron chi connectivity index (χ2n) is 7.11. The maximum absolute atomic E-state index is 12.4. The minimum absolute atomic E-state index is 0.0801. The van der Waals surface area contributed by atoms with Crippen LogP contribution in [0.1, 0.15) is 37.5 Å². The predicted octanol–water partition coefficient (Wildman–Crippen LogP) is 3.78. The number of rotatable bonds is 6. The first-order valence-electron chi connectivity index (χ1n) is 9.44. The average molecular weight is 352 g/mol. The minimum Gasteiger partial charge on any atom is -0.484 e. The molecule has 1 heterocycles. The number of fused-ring (bicyclic) bond motifs is 1. The zero-order chi connectivity index (χ0) is 18.4. The Morgan fingerprint density at radius 2 is 1.92 bits per heavy atom. The molecule has 0 saturated carbocycles. The Kier molecular flexibility index (Phi) is 6.29. The van der Waals surface area contributed by atoms with Gasteiger partial charge in [0.15, 0.2) is 0 Å². The lowest BCUT2D eigenvalue weighted by atomic mass is 10.1. The van der Waals surface area contributed by atoms with Gasteiger partial charge in [-0.25, -0.2) is 0 Å². The molecule has 4 heteroatoms. The molecule has 0 fully saturated rings. The molecule has 26 heavy (non-hydrogen) atoms. The zero-order valence-electron chi connectivity index (χ0n) is 15.7. The van der Waals surface area contributed by atoms with Gasteiger partial charge in [0.05, 0.1) is 6.54 Å². The van der Waals surface area contributed by atoms with Gasteiger partial charge in [0, 0.05) is 25.2 Å². The largest absolute Gasteiger partial charge is 0.484 e. The van der Waals surface area contributed by atoms with Crippen molar-refractivity contribution in [3.8, 4) is 5.75 Å². The van der Waals surface area contributed by atoms with Crippen LogP contribution < -0.4 is 10.1 Å². The highest BCUT2D eigenvalue weighted by atomic mass is 16.5. The lowest BCUT2D eigenvalue weighted by molar-refractivity contribution is -0.122. The maximum Gasteiger partial charge on any atom is 0.234 e. The fourth-order valence-electron chi connectivity index (χ4n) is 3.13. The average Bonchev–Trinajstić information content (AvgIpc) is 2.85. The van der Waals surface area contributed by atoms with E-state index < -0.39 is 0 Å². The highest BCUT2D eigenvalue weighted by Gasteiger charge is 2.25. The molecular weight excluding hydrogens is 324 g/mol. The molecule has 1 aliphatic rings. The number of carbonyl (C=O) groups is 1. The third-order valence-corrected chi connectivity index (χ3v) is 4.94. The summed E-state index contributed by atoms with van der Waals surface area (Å²) in [5.41, 5.74) is 2.26. The van der Waals surface area contributed by atoms with Gasteiger partial charge >= 0.3 is 0 Å². The number of carbonyl (C=O) groups excluding carboxylic acids is 1. The van der Waals surface area contributed by atoms with Gasteiger partial charge in [0.1, 0.15) is 11.9 Å². The first-order valence-corrected chi connectivity index (χ1v) is 9.44. The van der Waals surface area contributed by atoms with Gasteiger partial charge < -0.3 is 10.1 Å². The molecule has 0 spiro atoms. The van der Waals surface area contributed by atoms with Gasteiger partial charge in [0.25, 0.3) is 0 Å². The number of hydrogen-bond donors (Lipinski definition) is 1. The summed E-state index contributed by atoms with van der Waals surface area (Å²) in [6.07, 6.45) is 0.989. The van der Waals surface area contributed by atoms with Crippen LogP contribution in [-0.4, -0.2) is 30.4 Å². The minimum atomic E-state index is -0.0813. The number of ether oxygens (including phenoxy) is 1. The topological polar surface area (TPSA) is 41.6 Å². The summed E-state index contributed by atoms with van der Waals surface area (Å²) < 4.78 is 6.30. The summed E-state index contributed by atoms with van der Waals surface area (Å²) in [6, 6.07) is 18.3. The quantitative estimate of drug-likeness (QED) is 0.860. The van der Waals surface area contributed by atoms with E-state index >= 15 is 0 Å². The van der Waals surface area contributed by atoms with E-state index in [0.717, 1.165) is 36.4 Å². The Morgan fingerprint density at radius 1 is 1.19 bits per heavy atom. The number of nitrogens with zero attached hydrogens (tertiary/aromatic N) is 1. The zero-order valence-corrected chi connectivity index (χ0v) is 15.7. The number of para-hydroxylation sites is 1. The van der Waals surface area contributed by atoms with Crippen molar-refractivity contribution >= 4 is 5.91 Å². The van der Waals surface area contributed by atoms with Crippen LogP contribution in [0.3, 0.4) is 0 Å². The Hall–Kier alpha value is -2.33. The summed E-state index contributed by atoms with van der Waals surface area (Å²) in [5.74, 6) is 1.49. The van der Waals surface area contributed by atoms with Gasteiger partial charge in [0.2, 0.25) is 5.91 Å². The van der Waals surface area contributed by atoms with Crippen molar-refractivity contribution in [2.45, 2.75) is 32.9 Å². The van der Waals surface area contributed by atoms with Crippen LogP contribution in [0, 0.1) is 5.92 Å². The number of amides is 1. The van der Waals surface area contributed by atoms with Crippen LogP contribution >= 0.6 is 0 Å². The van der Waals surface area contributed by atoms with E-state index in [2.05, 4.69) is 42.3 Å². The van der Waals surface area contributed by atoms with Gasteiger partial charge in [-0.05, 0) is 17.5 Å². The van der Waals surface area contributed by atoms with Crippen molar-refractivity contribution < 1.29 is 9.53 Å². The molecule has 1 aliphatic heterocycles. The second-order valence-corrected chi connectivity index (χ2v) is 7.11. The highest BCUT2D eigenvalue weighted by molar-refractivity contribution is 5.78. The van der Waals surface area contributed by atoms with E-state index in [1.807, 2.05) is 36.4 Å². The summed E-state index contributed by atoms with van der Waals surface area (Å²) in [4.78, 5) is 14.6. The van der Waals surface area contributed by atoms with Crippen LogP contribution in [0.4, 0.5) is 0 Å². The first kappa shape index (κ1) is 18.5.